The predicted molar refractivity (Wildman–Crippen MR) is 76.3 cm³/mol. The quantitative estimate of drug-likeness (QED) is 0.792. The Balaban J connectivity index is 2.58. The van der Waals surface area contributed by atoms with Gasteiger partial charge < -0.3 is 10.6 Å². The third-order valence-corrected chi connectivity index (χ3v) is 4.08. The molecule has 1 aliphatic rings. The Morgan fingerprint density at radius 2 is 2.11 bits per heavy atom. The minimum atomic E-state index is 0.254. The molecule has 1 fully saturated rings. The number of amides is 1. The summed E-state index contributed by atoms with van der Waals surface area (Å²) in [6.07, 6.45) is 6.72. The van der Waals surface area contributed by atoms with Crippen LogP contribution in [0.25, 0.3) is 0 Å². The van der Waals surface area contributed by atoms with Crippen molar-refractivity contribution in [1.29, 1.82) is 0 Å². The number of carbonyl (C=O) groups is 1. The van der Waals surface area contributed by atoms with Gasteiger partial charge >= 0.3 is 0 Å². The van der Waals surface area contributed by atoms with Gasteiger partial charge in [-0.25, -0.2) is 0 Å². The van der Waals surface area contributed by atoms with Crippen LogP contribution in [0.15, 0.2) is 0 Å². The molecule has 3 nitrogen and oxygen atoms in total. The minimum Gasteiger partial charge on any atom is -0.340 e. The number of carbonyl (C=O) groups excluding carboxylic acids is 1. The summed E-state index contributed by atoms with van der Waals surface area (Å²) < 4.78 is 0. The van der Waals surface area contributed by atoms with Gasteiger partial charge in [-0.15, -0.1) is 0 Å². The molecule has 0 radical (unpaired) electrons. The lowest BCUT2D eigenvalue weighted by atomic mass is 9.79. The van der Waals surface area contributed by atoms with Crippen molar-refractivity contribution in [3.8, 4) is 0 Å². The molecule has 3 heteroatoms. The van der Waals surface area contributed by atoms with Gasteiger partial charge in [0, 0.05) is 18.5 Å². The molecular formula is C15H30N2O. The molecule has 2 N–H and O–H groups in total. The maximum atomic E-state index is 12.6. The lowest BCUT2D eigenvalue weighted by Crippen LogP contribution is -2.42. The van der Waals surface area contributed by atoms with Crippen LogP contribution in [0.4, 0.5) is 0 Å². The molecule has 1 amide bonds. The van der Waals surface area contributed by atoms with E-state index in [4.69, 9.17) is 5.73 Å². The maximum Gasteiger partial charge on any atom is 0.225 e. The first-order valence-electron chi connectivity index (χ1n) is 7.60. The Morgan fingerprint density at radius 1 is 1.39 bits per heavy atom. The van der Waals surface area contributed by atoms with Crippen molar-refractivity contribution in [1.82, 2.24) is 4.90 Å². The molecule has 0 saturated heterocycles. The van der Waals surface area contributed by atoms with E-state index in [1.165, 1.54) is 12.8 Å². The lowest BCUT2D eigenvalue weighted by molar-refractivity contribution is -0.139. The van der Waals surface area contributed by atoms with Crippen molar-refractivity contribution in [3.63, 3.8) is 0 Å². The number of hydrogen-bond acceptors (Lipinski definition) is 2. The van der Waals surface area contributed by atoms with E-state index >= 15 is 0 Å². The van der Waals surface area contributed by atoms with Gasteiger partial charge in [0.15, 0.2) is 0 Å². The third kappa shape index (κ3) is 4.27. The van der Waals surface area contributed by atoms with E-state index < -0.39 is 0 Å². The molecule has 1 aliphatic carbocycles. The van der Waals surface area contributed by atoms with Crippen LogP contribution < -0.4 is 5.73 Å². The zero-order valence-electron chi connectivity index (χ0n) is 12.3. The van der Waals surface area contributed by atoms with E-state index in [0.717, 1.165) is 38.8 Å². The topological polar surface area (TPSA) is 46.3 Å². The summed E-state index contributed by atoms with van der Waals surface area (Å²) in [5.41, 5.74) is 5.64. The highest BCUT2D eigenvalue weighted by Gasteiger charge is 2.30. The van der Waals surface area contributed by atoms with Crippen LogP contribution in [-0.2, 0) is 4.79 Å². The summed E-state index contributed by atoms with van der Waals surface area (Å²) in [6, 6.07) is 0.326. The van der Waals surface area contributed by atoms with E-state index in [1.54, 1.807) is 0 Å². The van der Waals surface area contributed by atoms with Crippen LogP contribution >= 0.6 is 0 Å². The van der Waals surface area contributed by atoms with Gasteiger partial charge in [-0.3, -0.25) is 4.79 Å². The first-order chi connectivity index (χ1) is 8.60. The van der Waals surface area contributed by atoms with Gasteiger partial charge in [-0.2, -0.15) is 0 Å². The van der Waals surface area contributed by atoms with Gasteiger partial charge in [0.05, 0.1) is 0 Å². The number of nitrogens with zero attached hydrogens (tertiary/aromatic N) is 1. The zero-order valence-corrected chi connectivity index (χ0v) is 12.3. The van der Waals surface area contributed by atoms with Gasteiger partial charge in [-0.1, -0.05) is 19.8 Å². The molecule has 106 valence electrons. The fraction of sp³-hybridized carbons (Fsp3) is 0.933. The van der Waals surface area contributed by atoms with Crippen LogP contribution in [0.1, 0.15) is 59.3 Å². The average molecular weight is 254 g/mol. The zero-order chi connectivity index (χ0) is 13.5. The van der Waals surface area contributed by atoms with Crippen molar-refractivity contribution >= 4 is 5.91 Å². The molecule has 1 rings (SSSR count). The highest BCUT2D eigenvalue weighted by Crippen LogP contribution is 2.32. The molecule has 0 spiro atoms. The molecule has 2 unspecified atom stereocenters. The fourth-order valence-electron chi connectivity index (χ4n) is 3.11. The second-order valence-corrected chi connectivity index (χ2v) is 5.93. The third-order valence-electron chi connectivity index (χ3n) is 4.08. The van der Waals surface area contributed by atoms with Crippen LogP contribution in [0, 0.1) is 11.8 Å². The van der Waals surface area contributed by atoms with E-state index in [2.05, 4.69) is 25.7 Å². The molecule has 0 aromatic heterocycles. The SMILES string of the molecule is CCCN(C(=O)C1CCCC(CCN)C1)C(C)C. The van der Waals surface area contributed by atoms with Crippen molar-refractivity contribution in [2.45, 2.75) is 65.3 Å². The van der Waals surface area contributed by atoms with E-state index in [1.807, 2.05) is 0 Å². The molecule has 0 bridgehead atoms. The normalized spacial score (nSPS) is 24.3. The molecule has 18 heavy (non-hydrogen) atoms. The Morgan fingerprint density at radius 3 is 2.67 bits per heavy atom. The fourth-order valence-corrected chi connectivity index (χ4v) is 3.11. The number of nitrogens with two attached hydrogens (primary N) is 1. The first-order valence-corrected chi connectivity index (χ1v) is 7.60. The highest BCUT2D eigenvalue weighted by atomic mass is 16.2. The summed E-state index contributed by atoms with van der Waals surface area (Å²) in [7, 11) is 0. The maximum absolute atomic E-state index is 12.6. The van der Waals surface area contributed by atoms with E-state index in [0.29, 0.717) is 17.9 Å². The molecule has 1 saturated carbocycles. The summed E-state index contributed by atoms with van der Waals surface area (Å²) in [6.45, 7) is 8.03. The average Bonchev–Trinajstić information content (AvgIpc) is 2.35. The molecule has 0 aliphatic heterocycles. The summed E-state index contributed by atoms with van der Waals surface area (Å²) in [4.78, 5) is 14.6. The van der Waals surface area contributed by atoms with Crippen molar-refractivity contribution < 1.29 is 4.79 Å². The van der Waals surface area contributed by atoms with Crippen LogP contribution in [0.5, 0.6) is 0 Å². The minimum absolute atomic E-state index is 0.254. The van der Waals surface area contributed by atoms with Crippen LogP contribution in [0.2, 0.25) is 0 Å². The monoisotopic (exact) mass is 254 g/mol. The standard InChI is InChI=1S/C15H30N2O/c1-4-10-17(12(2)3)15(18)14-7-5-6-13(11-14)8-9-16/h12-14H,4-11,16H2,1-3H3. The second kappa shape index (κ2) is 7.78. The molecule has 2 atom stereocenters. The lowest BCUT2D eigenvalue weighted by Gasteiger charge is -2.34. The summed E-state index contributed by atoms with van der Waals surface area (Å²) in [5, 5.41) is 0. The van der Waals surface area contributed by atoms with Crippen LogP contribution in [0.3, 0.4) is 0 Å². The van der Waals surface area contributed by atoms with Crippen molar-refractivity contribution in [2.24, 2.45) is 17.6 Å². The summed E-state index contributed by atoms with van der Waals surface area (Å²) in [5.74, 6) is 1.31. The van der Waals surface area contributed by atoms with Crippen molar-refractivity contribution in [2.75, 3.05) is 13.1 Å². The summed E-state index contributed by atoms with van der Waals surface area (Å²) >= 11 is 0. The molecular weight excluding hydrogens is 224 g/mol. The number of hydrogen-bond donors (Lipinski definition) is 1. The number of rotatable bonds is 6. The Hall–Kier alpha value is -0.570. The van der Waals surface area contributed by atoms with Gasteiger partial charge in [0.2, 0.25) is 5.91 Å². The van der Waals surface area contributed by atoms with Gasteiger partial charge in [-0.05, 0) is 52.0 Å². The van der Waals surface area contributed by atoms with Gasteiger partial charge in [0.1, 0.15) is 0 Å². The van der Waals surface area contributed by atoms with E-state index in [-0.39, 0.29) is 5.92 Å². The smallest absolute Gasteiger partial charge is 0.225 e. The van der Waals surface area contributed by atoms with Gasteiger partial charge in [0.25, 0.3) is 0 Å². The Labute approximate surface area is 112 Å². The largest absolute Gasteiger partial charge is 0.340 e. The Kier molecular flexibility index (Phi) is 6.69. The molecule has 0 heterocycles. The highest BCUT2D eigenvalue weighted by molar-refractivity contribution is 5.79. The first kappa shape index (κ1) is 15.5. The second-order valence-electron chi connectivity index (χ2n) is 5.93. The van der Waals surface area contributed by atoms with Crippen molar-refractivity contribution in [3.05, 3.63) is 0 Å². The molecule has 0 aromatic rings. The van der Waals surface area contributed by atoms with E-state index in [9.17, 15) is 4.79 Å². The Bertz CT molecular complexity index is 251. The van der Waals surface area contributed by atoms with Crippen LogP contribution in [-0.4, -0.2) is 29.9 Å². The predicted octanol–water partition coefficient (Wildman–Crippen LogP) is 2.79. The molecule has 0 aromatic carbocycles.